The molecule has 0 atom stereocenters. The van der Waals surface area contributed by atoms with Crippen LogP contribution in [0.2, 0.25) is 0 Å². The van der Waals surface area contributed by atoms with Crippen LogP contribution in [0.1, 0.15) is 11.1 Å². The Bertz CT molecular complexity index is 1220. The molecule has 4 rings (SSSR count). The monoisotopic (exact) mass is 551 g/mol. The number of aromatic nitrogens is 5. The fourth-order valence-corrected chi connectivity index (χ4v) is 4.59. The summed E-state index contributed by atoms with van der Waals surface area (Å²) in [7, 11) is 0. The van der Waals surface area contributed by atoms with Gasteiger partial charge >= 0.3 is 12.4 Å². The lowest BCUT2D eigenvalue weighted by Crippen LogP contribution is -2.11. The summed E-state index contributed by atoms with van der Waals surface area (Å²) < 4.78 is 81.4. The molecule has 14 heteroatoms. The van der Waals surface area contributed by atoms with E-state index in [2.05, 4.69) is 36.4 Å². The quantitative estimate of drug-likeness (QED) is 0.263. The first-order valence-electron chi connectivity index (χ1n) is 8.48. The summed E-state index contributed by atoms with van der Waals surface area (Å²) >= 11 is 5.41. The van der Waals surface area contributed by atoms with Gasteiger partial charge in [-0.3, -0.25) is 0 Å². The summed E-state index contributed by atoms with van der Waals surface area (Å²) in [6.45, 7) is 0. The van der Waals surface area contributed by atoms with E-state index in [0.717, 1.165) is 27.6 Å². The highest BCUT2D eigenvalue weighted by atomic mass is 79.9. The number of hydrogen-bond donors (Lipinski definition) is 0. The van der Waals surface area contributed by atoms with Crippen LogP contribution in [0.5, 0.6) is 0 Å². The van der Waals surface area contributed by atoms with E-state index in [9.17, 15) is 26.3 Å². The van der Waals surface area contributed by atoms with Crippen LogP contribution in [0.3, 0.4) is 0 Å². The average molecular weight is 552 g/mol. The highest BCUT2D eigenvalue weighted by Gasteiger charge is 2.37. The van der Waals surface area contributed by atoms with E-state index in [1.54, 1.807) is 24.3 Å². The minimum atomic E-state index is -4.93. The molecule has 0 aliphatic heterocycles. The predicted molar refractivity (Wildman–Crippen MR) is 109 cm³/mol. The molecule has 0 spiro atoms. The Morgan fingerprint density at radius 1 is 0.906 bits per heavy atom. The van der Waals surface area contributed by atoms with E-state index in [0.29, 0.717) is 27.3 Å². The van der Waals surface area contributed by atoms with Gasteiger partial charge in [0.25, 0.3) is 0 Å². The maximum atomic E-state index is 13.1. The Kier molecular flexibility index (Phi) is 6.02. The standard InChI is InChI=1S/C18H8BrF6N5S2/c19-12-1-3-13(4-2-12)30-15(27-28-29-30)32-16-26-14(8-31-16)9-5-10(17(20,21)22)7-11(6-9)18(23,24)25/h1-8H. The van der Waals surface area contributed by atoms with E-state index < -0.39 is 23.5 Å². The van der Waals surface area contributed by atoms with Crippen LogP contribution in [0.4, 0.5) is 26.3 Å². The molecule has 0 N–H and O–H groups in total. The first kappa shape index (κ1) is 22.7. The van der Waals surface area contributed by atoms with Gasteiger partial charge in [0, 0.05) is 15.4 Å². The second-order valence-corrected chi connectivity index (χ2v) is 9.23. The maximum Gasteiger partial charge on any atom is 0.416 e. The minimum Gasteiger partial charge on any atom is -0.229 e. The lowest BCUT2D eigenvalue weighted by Gasteiger charge is -2.13. The number of nitrogens with zero attached hydrogens (tertiary/aromatic N) is 5. The molecule has 0 bridgehead atoms. The number of thiazole rings is 1. The molecule has 2 aromatic heterocycles. The van der Waals surface area contributed by atoms with Crippen LogP contribution in [0.15, 0.2) is 61.8 Å². The lowest BCUT2D eigenvalue weighted by molar-refractivity contribution is -0.143. The van der Waals surface area contributed by atoms with Gasteiger partial charge < -0.3 is 0 Å². The van der Waals surface area contributed by atoms with Crippen molar-refractivity contribution in [3.05, 3.63) is 63.4 Å². The molecule has 32 heavy (non-hydrogen) atoms. The van der Waals surface area contributed by atoms with Gasteiger partial charge in [-0.05, 0) is 64.7 Å². The van der Waals surface area contributed by atoms with Gasteiger partial charge in [0.05, 0.1) is 22.5 Å². The Morgan fingerprint density at radius 2 is 1.53 bits per heavy atom. The van der Waals surface area contributed by atoms with E-state index in [1.165, 1.54) is 10.1 Å². The Balaban J connectivity index is 1.66. The van der Waals surface area contributed by atoms with Gasteiger partial charge in [-0.15, -0.1) is 16.4 Å². The van der Waals surface area contributed by atoms with Crippen LogP contribution in [-0.4, -0.2) is 25.2 Å². The van der Waals surface area contributed by atoms with E-state index >= 15 is 0 Å². The smallest absolute Gasteiger partial charge is 0.229 e. The average Bonchev–Trinajstić information content (AvgIpc) is 3.37. The second-order valence-electron chi connectivity index (χ2n) is 6.24. The van der Waals surface area contributed by atoms with Crippen molar-refractivity contribution in [1.82, 2.24) is 25.2 Å². The molecule has 0 unspecified atom stereocenters. The first-order chi connectivity index (χ1) is 15.0. The number of alkyl halides is 6. The van der Waals surface area contributed by atoms with E-state index in [-0.39, 0.29) is 17.3 Å². The SMILES string of the molecule is FC(F)(F)c1cc(-c2csc(Sc3nnnn3-c3ccc(Br)cc3)n2)cc(C(F)(F)F)c1. The minimum absolute atomic E-state index is 0.0169. The number of hydrogen-bond acceptors (Lipinski definition) is 6. The molecule has 0 amide bonds. The Morgan fingerprint density at radius 3 is 2.12 bits per heavy atom. The third-order valence-electron chi connectivity index (χ3n) is 4.06. The van der Waals surface area contributed by atoms with Gasteiger partial charge in [0.15, 0.2) is 4.34 Å². The van der Waals surface area contributed by atoms with Crippen molar-refractivity contribution in [2.24, 2.45) is 0 Å². The van der Waals surface area contributed by atoms with Crippen molar-refractivity contribution in [3.63, 3.8) is 0 Å². The first-order valence-corrected chi connectivity index (χ1v) is 11.0. The Labute approximate surface area is 192 Å². The summed E-state index contributed by atoms with van der Waals surface area (Å²) in [5.74, 6) is 0. The summed E-state index contributed by atoms with van der Waals surface area (Å²) in [6.07, 6.45) is -9.87. The van der Waals surface area contributed by atoms with Crippen molar-refractivity contribution in [2.75, 3.05) is 0 Å². The van der Waals surface area contributed by atoms with Gasteiger partial charge in [-0.1, -0.05) is 15.9 Å². The molecular weight excluding hydrogens is 544 g/mol. The van der Waals surface area contributed by atoms with E-state index in [1.807, 2.05) is 0 Å². The largest absolute Gasteiger partial charge is 0.416 e. The zero-order chi connectivity index (χ0) is 23.1. The number of tetrazole rings is 1. The van der Waals surface area contributed by atoms with Crippen molar-refractivity contribution in [2.45, 2.75) is 21.8 Å². The molecule has 2 aromatic carbocycles. The van der Waals surface area contributed by atoms with Crippen LogP contribution in [0, 0.1) is 0 Å². The number of halogens is 7. The number of benzene rings is 2. The zero-order valence-corrected chi connectivity index (χ0v) is 18.5. The molecule has 2 heterocycles. The molecule has 0 saturated heterocycles. The van der Waals surface area contributed by atoms with Crippen molar-refractivity contribution in [1.29, 1.82) is 0 Å². The highest BCUT2D eigenvalue weighted by Crippen LogP contribution is 2.40. The molecule has 0 aliphatic carbocycles. The molecule has 0 saturated carbocycles. The molecule has 0 fully saturated rings. The normalized spacial score (nSPS) is 12.3. The Hall–Kier alpha value is -2.45. The molecule has 4 aromatic rings. The zero-order valence-electron chi connectivity index (χ0n) is 15.3. The van der Waals surface area contributed by atoms with Gasteiger partial charge in [0.2, 0.25) is 5.16 Å². The summed E-state index contributed by atoms with van der Waals surface area (Å²) in [6, 6.07) is 8.48. The topological polar surface area (TPSA) is 56.5 Å². The van der Waals surface area contributed by atoms with Crippen LogP contribution >= 0.6 is 39.0 Å². The molecular formula is C18H8BrF6N5S2. The second kappa shape index (κ2) is 8.48. The maximum absolute atomic E-state index is 13.1. The predicted octanol–water partition coefficient (Wildman–Crippen LogP) is 6.74. The van der Waals surface area contributed by atoms with Crippen molar-refractivity contribution in [3.8, 4) is 16.9 Å². The lowest BCUT2D eigenvalue weighted by atomic mass is 10.0. The highest BCUT2D eigenvalue weighted by molar-refractivity contribution is 9.10. The summed E-state index contributed by atoms with van der Waals surface area (Å²) in [5.41, 5.74) is -2.45. The fourth-order valence-electron chi connectivity index (χ4n) is 2.60. The van der Waals surface area contributed by atoms with Gasteiger partial charge in [-0.25, -0.2) is 4.98 Å². The van der Waals surface area contributed by atoms with Gasteiger partial charge in [0.1, 0.15) is 0 Å². The third-order valence-corrected chi connectivity index (χ3v) is 6.46. The van der Waals surface area contributed by atoms with Crippen LogP contribution in [-0.2, 0) is 12.4 Å². The van der Waals surface area contributed by atoms with Crippen molar-refractivity contribution >= 4 is 39.0 Å². The molecule has 0 aliphatic rings. The fraction of sp³-hybridized carbons (Fsp3) is 0.111. The van der Waals surface area contributed by atoms with E-state index in [4.69, 9.17) is 0 Å². The molecule has 166 valence electrons. The molecule has 5 nitrogen and oxygen atoms in total. The van der Waals surface area contributed by atoms with Gasteiger partial charge in [-0.2, -0.15) is 31.0 Å². The molecule has 0 radical (unpaired) electrons. The third kappa shape index (κ3) is 4.96. The van der Waals surface area contributed by atoms with Crippen LogP contribution in [0.25, 0.3) is 16.9 Å². The summed E-state index contributed by atoms with van der Waals surface area (Å²) in [5, 5.41) is 13.1. The van der Waals surface area contributed by atoms with Crippen LogP contribution < -0.4 is 0 Å². The number of rotatable bonds is 4. The van der Waals surface area contributed by atoms with Crippen molar-refractivity contribution < 1.29 is 26.3 Å². The summed E-state index contributed by atoms with van der Waals surface area (Å²) in [4.78, 5) is 4.18.